The van der Waals surface area contributed by atoms with Crippen LogP contribution in [0.4, 0.5) is 0 Å². The molecule has 6 heteroatoms. The van der Waals surface area contributed by atoms with Crippen molar-refractivity contribution in [2.45, 2.75) is 14.4 Å². The molecular weight excluding hydrogens is 204 g/mol. The maximum absolute atomic E-state index is 7.00. The van der Waals surface area contributed by atoms with Gasteiger partial charge in [0.2, 0.25) is 0 Å². The molecule has 8 N–H and O–H groups in total. The van der Waals surface area contributed by atoms with Crippen molar-refractivity contribution in [1.82, 2.24) is 0 Å². The van der Waals surface area contributed by atoms with Crippen molar-refractivity contribution in [3.05, 3.63) is 25.8 Å². The number of allylic oxidation sites excluding steroid dienone is 1. The van der Waals surface area contributed by atoms with Crippen LogP contribution in [-0.2, 0) is 10.2 Å². The quantitative estimate of drug-likeness (QED) is 0.476. The first kappa shape index (κ1) is 90.9. The summed E-state index contributed by atoms with van der Waals surface area (Å²) in [6.07, 6.45) is 1.75. The average Bonchev–Trinajstić information content (AvgIpc) is 1.99. The number of aliphatic hydroxyl groups is 1. The second kappa shape index (κ2) is 1290. The van der Waals surface area contributed by atoms with Crippen LogP contribution in [0.1, 0.15) is 14.4 Å². The average molecular weight is 235 g/mol. The van der Waals surface area contributed by atoms with Crippen LogP contribution >= 0.6 is 0 Å². The van der Waals surface area contributed by atoms with E-state index < -0.39 is 0 Å². The van der Waals surface area contributed by atoms with Gasteiger partial charge in [-0.2, -0.15) is 0 Å². The summed E-state index contributed by atoms with van der Waals surface area (Å²) in [6, 6.07) is 0. The van der Waals surface area contributed by atoms with Crippen molar-refractivity contribution in [3.8, 4) is 0 Å². The topological polar surface area (TPSA) is 154 Å². The van der Waals surface area contributed by atoms with Crippen LogP contribution in [-0.4, -0.2) is 42.9 Å². The van der Waals surface area contributed by atoms with Gasteiger partial charge in [-0.25, -0.2) is 0 Å². The second-order valence-electron chi connectivity index (χ2n) is 0.816. The molecule has 0 spiro atoms. The van der Waals surface area contributed by atoms with E-state index in [1.54, 1.807) is 20.3 Å². The molecule has 0 saturated heterocycles. The van der Waals surface area contributed by atoms with Gasteiger partial charge in [0.15, 0.2) is 0 Å². The zero-order valence-electron chi connectivity index (χ0n) is 9.53. The lowest BCUT2D eigenvalue weighted by molar-refractivity contribution is 0.277. The highest BCUT2D eigenvalue weighted by Gasteiger charge is 1.25. The van der Waals surface area contributed by atoms with Crippen LogP contribution in [0.15, 0.2) is 25.8 Å². The van der Waals surface area contributed by atoms with Crippen molar-refractivity contribution >= 4 is 0 Å². The Labute approximate surface area is 94.1 Å². The Morgan fingerprint density at radius 1 is 1.07 bits per heavy atom. The molecule has 0 aliphatic rings. The fraction of sp³-hybridized carbons (Fsp3) is 0.556. The molecule has 0 aliphatic carbocycles. The zero-order valence-corrected chi connectivity index (χ0v) is 9.53. The number of rotatable bonds is 0. The minimum atomic E-state index is 0. The van der Waals surface area contributed by atoms with E-state index in [0.717, 1.165) is 7.11 Å². The second-order valence-corrected chi connectivity index (χ2v) is 0.816. The summed E-state index contributed by atoms with van der Waals surface area (Å²) in [7, 11) is 4.25. The molecule has 0 heterocycles. The molecule has 0 atom stereocenters. The maximum Gasteiger partial charge on any atom is 0.0351 e. The van der Waals surface area contributed by atoms with Crippen molar-refractivity contribution in [3.63, 3.8) is 0 Å². The lowest BCUT2D eigenvalue weighted by Crippen LogP contribution is -1.55. The van der Waals surface area contributed by atoms with E-state index in [1.807, 2.05) is 6.92 Å². The number of aliphatic hydroxyl groups excluding tert-OH is 1. The molecule has 0 amide bonds. The summed E-state index contributed by atoms with van der Waals surface area (Å²) >= 11 is 0. The third kappa shape index (κ3) is 2900. The molecule has 0 aromatic rings. The summed E-state index contributed by atoms with van der Waals surface area (Å²) in [4.78, 5) is 0. The molecule has 0 saturated carbocycles. The van der Waals surface area contributed by atoms with Gasteiger partial charge in [0.25, 0.3) is 0 Å². The van der Waals surface area contributed by atoms with Gasteiger partial charge in [0, 0.05) is 21.3 Å². The van der Waals surface area contributed by atoms with Gasteiger partial charge in [0.05, 0.1) is 0 Å². The summed E-state index contributed by atoms with van der Waals surface area (Å²) in [6.45, 7) is 11.2. The number of ether oxygens (including phenoxy) is 1. The lowest BCUT2D eigenvalue weighted by Gasteiger charge is -1.61. The molecular formula is C9H31O6-. The van der Waals surface area contributed by atoms with Gasteiger partial charge in [-0.1, -0.05) is 13.5 Å². The SMILES string of the molecule is C.C=C.C=CC.CO.COC.O.[OH-].[OH-].[OH3+]. The van der Waals surface area contributed by atoms with Crippen LogP contribution in [0.25, 0.3) is 0 Å². The first-order valence-corrected chi connectivity index (χ1v) is 2.75. The van der Waals surface area contributed by atoms with E-state index in [2.05, 4.69) is 24.5 Å². The molecule has 15 heavy (non-hydrogen) atoms. The smallest absolute Gasteiger partial charge is 0.0351 e. The normalized spacial score (nSPS) is 2.73. The molecule has 0 bridgehead atoms. The highest BCUT2D eigenvalue weighted by atomic mass is 16.4. The molecule has 0 aromatic carbocycles. The predicted octanol–water partition coefficient (Wildman–Crippen LogP) is 0.402. The summed E-state index contributed by atoms with van der Waals surface area (Å²) in [5, 5.41) is 7.00. The van der Waals surface area contributed by atoms with E-state index in [1.165, 1.54) is 0 Å². The Bertz CT molecular complexity index is 35.8. The first-order valence-electron chi connectivity index (χ1n) is 2.75. The fourth-order valence-corrected chi connectivity index (χ4v) is 0. The minimum absolute atomic E-state index is 0. The molecule has 0 radical (unpaired) electrons. The van der Waals surface area contributed by atoms with E-state index in [4.69, 9.17) is 5.11 Å². The van der Waals surface area contributed by atoms with Crippen LogP contribution in [0.2, 0.25) is 0 Å². The molecule has 0 aliphatic heterocycles. The Hall–Kier alpha value is -0.760. The van der Waals surface area contributed by atoms with Gasteiger partial charge in [-0.05, 0) is 6.92 Å². The number of hydrogen-bond donors (Lipinski definition) is 1. The monoisotopic (exact) mass is 235 g/mol. The van der Waals surface area contributed by atoms with Crippen molar-refractivity contribution in [1.29, 1.82) is 0 Å². The van der Waals surface area contributed by atoms with E-state index >= 15 is 0 Å². The third-order valence-corrected chi connectivity index (χ3v) is 0. The Morgan fingerprint density at radius 2 is 1.07 bits per heavy atom. The standard InChI is InChI=1S/C3H6.C2H6O.C2H4.CH4O.CH4.4H2O/c2*1-3-2;2*1-2;;;;;/h3H,1H2,2H3;1-2H3;1-2H2;2H,1H3;1H4;4*1H2/p-1. The molecule has 0 rings (SSSR count). The first-order chi connectivity index (χ1) is 4.83. The molecule has 6 nitrogen and oxygen atoms in total. The Balaban J connectivity index is -0.00000000418. The predicted molar refractivity (Wildman–Crippen MR) is 67.3 cm³/mol. The summed E-state index contributed by atoms with van der Waals surface area (Å²) in [5.74, 6) is 0. The number of methoxy groups -OCH3 is 1. The highest BCUT2D eigenvalue weighted by molar-refractivity contribution is 4.51. The van der Waals surface area contributed by atoms with Crippen LogP contribution in [0.3, 0.4) is 0 Å². The largest absolute Gasteiger partial charge is 0.870 e. The van der Waals surface area contributed by atoms with E-state index in [0.29, 0.717) is 0 Å². The van der Waals surface area contributed by atoms with Crippen molar-refractivity contribution < 1.29 is 31.7 Å². The highest BCUT2D eigenvalue weighted by Crippen LogP contribution is 1.38. The third-order valence-electron chi connectivity index (χ3n) is 0. The van der Waals surface area contributed by atoms with E-state index in [-0.39, 0.29) is 29.3 Å². The van der Waals surface area contributed by atoms with Crippen molar-refractivity contribution in [2.75, 3.05) is 21.3 Å². The van der Waals surface area contributed by atoms with Crippen LogP contribution in [0, 0.1) is 0 Å². The summed E-state index contributed by atoms with van der Waals surface area (Å²) < 4.78 is 4.25. The molecule has 104 valence electrons. The van der Waals surface area contributed by atoms with Gasteiger partial charge >= 0.3 is 0 Å². The van der Waals surface area contributed by atoms with Gasteiger partial charge in [0.1, 0.15) is 0 Å². The van der Waals surface area contributed by atoms with Crippen molar-refractivity contribution in [2.24, 2.45) is 0 Å². The Kier molecular flexibility index (Phi) is 7820. The van der Waals surface area contributed by atoms with Gasteiger partial charge < -0.3 is 31.7 Å². The van der Waals surface area contributed by atoms with Crippen LogP contribution in [0.5, 0.6) is 0 Å². The van der Waals surface area contributed by atoms with E-state index in [9.17, 15) is 0 Å². The zero-order chi connectivity index (χ0) is 9.41. The van der Waals surface area contributed by atoms with Gasteiger partial charge in [-0.3, -0.25) is 0 Å². The van der Waals surface area contributed by atoms with Gasteiger partial charge in [-0.15, -0.1) is 19.7 Å². The molecule has 0 unspecified atom stereocenters. The summed E-state index contributed by atoms with van der Waals surface area (Å²) in [5.41, 5.74) is 0. The number of hydrogen-bond acceptors (Lipinski definition) is 4. The maximum atomic E-state index is 7.00. The minimum Gasteiger partial charge on any atom is -0.870 e. The van der Waals surface area contributed by atoms with Crippen LogP contribution < -0.4 is 0 Å². The molecule has 0 fully saturated rings. The molecule has 0 aromatic heterocycles. The lowest BCUT2D eigenvalue weighted by atomic mass is 10.8. The fourth-order valence-electron chi connectivity index (χ4n) is 0. The Morgan fingerprint density at radius 3 is 1.07 bits per heavy atom.